The van der Waals surface area contributed by atoms with Crippen LogP contribution in [0.3, 0.4) is 0 Å². The van der Waals surface area contributed by atoms with E-state index in [-0.39, 0.29) is 0 Å². The molecule has 4 aromatic carbocycles. The molecule has 5 rings (SSSR count). The summed E-state index contributed by atoms with van der Waals surface area (Å²) in [6.07, 6.45) is 0. The molecule has 0 saturated heterocycles. The molecule has 0 unspecified atom stereocenters. The summed E-state index contributed by atoms with van der Waals surface area (Å²) in [6, 6.07) is 30.7. The number of hydrogen-bond donors (Lipinski definition) is 0. The largest absolute Gasteiger partial charge is 0.362 e. The average Bonchev–Trinajstić information content (AvgIpc) is 2.71. The molecule has 126 valence electrons. The summed E-state index contributed by atoms with van der Waals surface area (Å²) in [7, 11) is 0. The zero-order chi connectivity index (χ0) is 17.5. The van der Waals surface area contributed by atoms with Gasteiger partial charge in [0.1, 0.15) is 0 Å². The van der Waals surface area contributed by atoms with Crippen molar-refractivity contribution in [3.8, 4) is 11.1 Å². The Balaban J connectivity index is 1.63. The van der Waals surface area contributed by atoms with Crippen LogP contribution >= 0.6 is 0 Å². The highest BCUT2D eigenvalue weighted by Crippen LogP contribution is 2.38. The lowest BCUT2D eigenvalue weighted by molar-refractivity contribution is 0.789. The van der Waals surface area contributed by atoms with Crippen molar-refractivity contribution in [2.45, 2.75) is 20.0 Å². The Kier molecular flexibility index (Phi) is 3.53. The zero-order valence-corrected chi connectivity index (χ0v) is 14.9. The predicted molar refractivity (Wildman–Crippen MR) is 110 cm³/mol. The topological polar surface area (TPSA) is 3.24 Å². The minimum absolute atomic E-state index is 0.956. The minimum Gasteiger partial charge on any atom is -0.362 e. The van der Waals surface area contributed by atoms with E-state index in [1.54, 1.807) is 0 Å². The van der Waals surface area contributed by atoms with Crippen LogP contribution in [0.25, 0.3) is 21.9 Å². The molecule has 0 radical (unpaired) electrons. The second kappa shape index (κ2) is 6.03. The number of aryl methyl sites for hydroxylation is 1. The number of hydrogen-bond acceptors (Lipinski definition) is 1. The molecular formula is C25H21N. The zero-order valence-electron chi connectivity index (χ0n) is 14.9. The van der Waals surface area contributed by atoms with Gasteiger partial charge in [0.15, 0.2) is 0 Å². The Hall–Kier alpha value is -3.06. The molecule has 1 heteroatoms. The molecule has 0 spiro atoms. The molecule has 0 N–H and O–H groups in total. The SMILES string of the molecule is Cc1ccc2c3c(cccc13)CN(c1ccccc1-c1ccccc1)C2. The van der Waals surface area contributed by atoms with Crippen molar-refractivity contribution in [2.24, 2.45) is 0 Å². The van der Waals surface area contributed by atoms with Crippen LogP contribution in [0.4, 0.5) is 5.69 Å². The summed E-state index contributed by atoms with van der Waals surface area (Å²) in [4.78, 5) is 2.51. The van der Waals surface area contributed by atoms with Crippen LogP contribution in [0.15, 0.2) is 84.9 Å². The number of anilines is 1. The van der Waals surface area contributed by atoms with E-state index >= 15 is 0 Å². The molecule has 0 fully saturated rings. The van der Waals surface area contributed by atoms with E-state index in [0.29, 0.717) is 0 Å². The third-order valence-electron chi connectivity index (χ3n) is 5.48. The first kappa shape index (κ1) is 15.2. The quantitative estimate of drug-likeness (QED) is 0.413. The van der Waals surface area contributed by atoms with E-state index in [1.807, 2.05) is 0 Å². The summed E-state index contributed by atoms with van der Waals surface area (Å²) in [5.41, 5.74) is 8.10. The van der Waals surface area contributed by atoms with Crippen molar-refractivity contribution >= 4 is 16.5 Å². The van der Waals surface area contributed by atoms with Crippen molar-refractivity contribution in [2.75, 3.05) is 4.90 Å². The number of benzene rings is 4. The van der Waals surface area contributed by atoms with E-state index < -0.39 is 0 Å². The van der Waals surface area contributed by atoms with E-state index in [9.17, 15) is 0 Å². The fourth-order valence-corrected chi connectivity index (χ4v) is 4.22. The highest BCUT2D eigenvalue weighted by Gasteiger charge is 2.21. The Labute approximate surface area is 154 Å². The standard InChI is InChI=1S/C25H21N/c1-18-14-15-21-17-26(16-20-10-7-12-22(18)25(20)21)24-13-6-5-11-23(24)19-8-3-2-4-9-19/h2-15H,16-17H2,1H3. The summed E-state index contributed by atoms with van der Waals surface area (Å²) < 4.78 is 0. The van der Waals surface area contributed by atoms with Crippen LogP contribution in [0, 0.1) is 6.92 Å². The molecule has 0 aromatic heterocycles. The molecule has 1 aliphatic heterocycles. The molecule has 1 nitrogen and oxygen atoms in total. The molecular weight excluding hydrogens is 314 g/mol. The summed E-state index contributed by atoms with van der Waals surface area (Å²) in [5.74, 6) is 0. The van der Waals surface area contributed by atoms with Gasteiger partial charge in [0.2, 0.25) is 0 Å². The van der Waals surface area contributed by atoms with Crippen LogP contribution < -0.4 is 4.90 Å². The second-order valence-electron chi connectivity index (χ2n) is 7.12. The fraction of sp³-hybridized carbons (Fsp3) is 0.120. The van der Waals surface area contributed by atoms with Gasteiger partial charge in [0, 0.05) is 24.3 Å². The van der Waals surface area contributed by atoms with Crippen molar-refractivity contribution in [3.05, 3.63) is 102 Å². The van der Waals surface area contributed by atoms with E-state index in [4.69, 9.17) is 0 Å². The molecule has 1 aliphatic rings. The summed E-state index contributed by atoms with van der Waals surface area (Å²) in [5, 5.41) is 2.86. The van der Waals surface area contributed by atoms with E-state index in [2.05, 4.69) is 96.8 Å². The summed E-state index contributed by atoms with van der Waals surface area (Å²) >= 11 is 0. The Bertz CT molecular complexity index is 1080. The molecule has 0 aliphatic carbocycles. The van der Waals surface area contributed by atoms with Crippen LogP contribution in [-0.2, 0) is 13.1 Å². The van der Waals surface area contributed by atoms with Crippen molar-refractivity contribution < 1.29 is 0 Å². The predicted octanol–water partition coefficient (Wildman–Crippen LogP) is 6.34. The maximum absolute atomic E-state index is 2.51. The van der Waals surface area contributed by atoms with Gasteiger partial charge in [-0.2, -0.15) is 0 Å². The molecule has 0 amide bonds. The van der Waals surface area contributed by atoms with Gasteiger partial charge in [-0.05, 0) is 46.0 Å². The first-order valence-corrected chi connectivity index (χ1v) is 9.21. The lowest BCUT2D eigenvalue weighted by Crippen LogP contribution is -2.26. The van der Waals surface area contributed by atoms with Crippen LogP contribution in [0.5, 0.6) is 0 Å². The van der Waals surface area contributed by atoms with Crippen LogP contribution in [0.1, 0.15) is 16.7 Å². The van der Waals surface area contributed by atoms with Crippen molar-refractivity contribution in [1.82, 2.24) is 0 Å². The van der Waals surface area contributed by atoms with E-state index in [0.717, 1.165) is 13.1 Å². The first-order valence-electron chi connectivity index (χ1n) is 9.21. The Morgan fingerprint density at radius 2 is 1.38 bits per heavy atom. The van der Waals surface area contributed by atoms with Gasteiger partial charge < -0.3 is 4.90 Å². The third kappa shape index (κ3) is 2.40. The molecule has 0 saturated carbocycles. The number of rotatable bonds is 2. The normalized spacial score (nSPS) is 13.2. The highest BCUT2D eigenvalue weighted by molar-refractivity contribution is 5.93. The van der Waals surface area contributed by atoms with Gasteiger partial charge in [-0.1, -0.05) is 78.9 Å². The van der Waals surface area contributed by atoms with Crippen molar-refractivity contribution in [1.29, 1.82) is 0 Å². The van der Waals surface area contributed by atoms with Crippen LogP contribution in [0.2, 0.25) is 0 Å². The Morgan fingerprint density at radius 3 is 2.23 bits per heavy atom. The highest BCUT2D eigenvalue weighted by atomic mass is 15.1. The second-order valence-corrected chi connectivity index (χ2v) is 7.12. The monoisotopic (exact) mass is 335 g/mol. The maximum atomic E-state index is 2.51. The average molecular weight is 335 g/mol. The van der Waals surface area contributed by atoms with Crippen LogP contribution in [-0.4, -0.2) is 0 Å². The van der Waals surface area contributed by atoms with Gasteiger partial charge in [-0.3, -0.25) is 0 Å². The molecule has 0 bridgehead atoms. The molecule has 26 heavy (non-hydrogen) atoms. The minimum atomic E-state index is 0.956. The maximum Gasteiger partial charge on any atom is 0.0451 e. The van der Waals surface area contributed by atoms with Gasteiger partial charge in [0.05, 0.1) is 0 Å². The van der Waals surface area contributed by atoms with E-state index in [1.165, 1.54) is 44.3 Å². The summed E-state index contributed by atoms with van der Waals surface area (Å²) in [6.45, 7) is 4.12. The van der Waals surface area contributed by atoms with Gasteiger partial charge in [-0.25, -0.2) is 0 Å². The lowest BCUT2D eigenvalue weighted by atomic mass is 9.92. The van der Waals surface area contributed by atoms with Gasteiger partial charge in [-0.15, -0.1) is 0 Å². The van der Waals surface area contributed by atoms with Crippen molar-refractivity contribution in [3.63, 3.8) is 0 Å². The first-order chi connectivity index (χ1) is 12.8. The molecule has 4 aromatic rings. The Morgan fingerprint density at radius 1 is 0.654 bits per heavy atom. The van der Waals surface area contributed by atoms with Gasteiger partial charge >= 0.3 is 0 Å². The lowest BCUT2D eigenvalue weighted by Gasteiger charge is -2.33. The third-order valence-corrected chi connectivity index (χ3v) is 5.48. The van der Waals surface area contributed by atoms with Gasteiger partial charge in [0.25, 0.3) is 0 Å². The number of nitrogens with zero attached hydrogens (tertiary/aromatic N) is 1. The fourth-order valence-electron chi connectivity index (χ4n) is 4.22. The molecule has 0 atom stereocenters. The smallest absolute Gasteiger partial charge is 0.0451 e. The number of para-hydroxylation sites is 1. The molecule has 1 heterocycles.